The van der Waals surface area contributed by atoms with Crippen LogP contribution in [-0.4, -0.2) is 17.5 Å². The number of amides is 1. The molecule has 1 heterocycles. The van der Waals surface area contributed by atoms with E-state index >= 15 is 0 Å². The van der Waals surface area contributed by atoms with Gasteiger partial charge in [-0.2, -0.15) is 0 Å². The fraction of sp³-hybridized carbons (Fsp3) is 0.333. The van der Waals surface area contributed by atoms with E-state index in [1.807, 2.05) is 6.92 Å². The first-order valence-electron chi connectivity index (χ1n) is 8.84. The van der Waals surface area contributed by atoms with Crippen LogP contribution in [0.3, 0.4) is 0 Å². The molecule has 0 aliphatic heterocycles. The van der Waals surface area contributed by atoms with Crippen molar-refractivity contribution in [1.29, 1.82) is 0 Å². The first kappa shape index (κ1) is 20.2. The van der Waals surface area contributed by atoms with Gasteiger partial charge in [0, 0.05) is 12.1 Å². The lowest BCUT2D eigenvalue weighted by Gasteiger charge is -2.12. The van der Waals surface area contributed by atoms with Crippen molar-refractivity contribution in [3.8, 4) is 18.1 Å². The van der Waals surface area contributed by atoms with Crippen LogP contribution >= 0.6 is 0 Å². The molecule has 1 aromatic heterocycles. The Kier molecular flexibility index (Phi) is 7.18. The summed E-state index contributed by atoms with van der Waals surface area (Å²) in [5, 5.41) is 2.54. The van der Waals surface area contributed by atoms with Crippen molar-refractivity contribution < 1.29 is 13.9 Å². The lowest BCUT2D eigenvalue weighted by atomic mass is 10.1. The molecule has 1 amide bonds. The molecule has 0 bridgehead atoms. The Morgan fingerprint density at radius 3 is 2.85 bits per heavy atom. The first-order valence-corrected chi connectivity index (χ1v) is 8.84. The maximum atomic E-state index is 14.6. The predicted molar refractivity (Wildman–Crippen MR) is 105 cm³/mol. The minimum absolute atomic E-state index is 0.0301. The van der Waals surface area contributed by atoms with E-state index in [0.29, 0.717) is 6.61 Å². The zero-order valence-electron chi connectivity index (χ0n) is 15.6. The number of pyridine rings is 1. The van der Waals surface area contributed by atoms with Crippen LogP contribution < -0.4 is 15.8 Å². The first-order chi connectivity index (χ1) is 12.9. The fourth-order valence-electron chi connectivity index (χ4n) is 2.50. The number of hydrogen-bond acceptors (Lipinski definition) is 4. The molecule has 2 aromatic rings. The Morgan fingerprint density at radius 1 is 1.33 bits per heavy atom. The number of hydrogen-bond donors (Lipinski definition) is 2. The van der Waals surface area contributed by atoms with Crippen molar-refractivity contribution in [3.63, 3.8) is 0 Å². The van der Waals surface area contributed by atoms with Gasteiger partial charge < -0.3 is 15.8 Å². The molecule has 0 radical (unpaired) electrons. The van der Waals surface area contributed by atoms with Crippen LogP contribution in [0.25, 0.3) is 0 Å². The van der Waals surface area contributed by atoms with Crippen molar-refractivity contribution in [3.05, 3.63) is 46.9 Å². The van der Waals surface area contributed by atoms with E-state index in [0.717, 1.165) is 36.9 Å². The molecule has 0 aliphatic rings. The van der Waals surface area contributed by atoms with Crippen LogP contribution in [0.15, 0.2) is 24.3 Å². The van der Waals surface area contributed by atoms with Gasteiger partial charge in [-0.15, -0.1) is 12.3 Å². The summed E-state index contributed by atoms with van der Waals surface area (Å²) in [4.78, 5) is 16.6. The number of anilines is 2. The van der Waals surface area contributed by atoms with E-state index in [2.05, 4.69) is 16.2 Å². The SMILES string of the molecule is C#CCCCCCOc1cccc(NC(=O)c2cc(C)c(C)nc2N)c1F. The van der Waals surface area contributed by atoms with Gasteiger partial charge in [0.05, 0.1) is 17.9 Å². The van der Waals surface area contributed by atoms with Gasteiger partial charge in [0.2, 0.25) is 0 Å². The molecule has 3 N–H and O–H groups in total. The van der Waals surface area contributed by atoms with Gasteiger partial charge in [-0.3, -0.25) is 4.79 Å². The van der Waals surface area contributed by atoms with Crippen molar-refractivity contribution in [2.75, 3.05) is 17.7 Å². The minimum Gasteiger partial charge on any atom is -0.490 e. The van der Waals surface area contributed by atoms with E-state index in [1.54, 1.807) is 19.1 Å². The van der Waals surface area contributed by atoms with Crippen LogP contribution in [0.1, 0.15) is 47.3 Å². The molecule has 2 rings (SSSR count). The summed E-state index contributed by atoms with van der Waals surface area (Å²) in [5.41, 5.74) is 7.64. The highest BCUT2D eigenvalue weighted by Gasteiger charge is 2.16. The summed E-state index contributed by atoms with van der Waals surface area (Å²) in [6.07, 6.45) is 8.55. The molecular weight excluding hydrogens is 345 g/mol. The zero-order valence-corrected chi connectivity index (χ0v) is 15.6. The summed E-state index contributed by atoms with van der Waals surface area (Å²) < 4.78 is 20.1. The van der Waals surface area contributed by atoms with Crippen molar-refractivity contribution in [1.82, 2.24) is 4.98 Å². The fourth-order valence-corrected chi connectivity index (χ4v) is 2.50. The van der Waals surface area contributed by atoms with E-state index in [1.165, 1.54) is 12.1 Å². The quantitative estimate of drug-likeness (QED) is 0.539. The van der Waals surface area contributed by atoms with Crippen LogP contribution in [0.5, 0.6) is 5.75 Å². The standard InChI is InChI=1S/C21H24FN3O2/c1-4-5-6-7-8-12-27-18-11-9-10-17(19(18)22)25-21(26)16-13-14(2)15(3)24-20(16)23/h1,9-11,13H,5-8,12H2,2-3H3,(H2,23,24)(H,25,26). The molecular formula is C21H24FN3O2. The number of aromatic nitrogens is 1. The lowest BCUT2D eigenvalue weighted by Crippen LogP contribution is -2.17. The average molecular weight is 369 g/mol. The molecule has 1 aromatic carbocycles. The number of nitrogen functional groups attached to an aromatic ring is 1. The Hall–Kier alpha value is -3.07. The summed E-state index contributed by atoms with van der Waals surface area (Å²) >= 11 is 0. The smallest absolute Gasteiger partial charge is 0.259 e. The molecule has 0 spiro atoms. The van der Waals surface area contributed by atoms with Crippen LogP contribution in [0, 0.1) is 32.0 Å². The Morgan fingerprint density at radius 2 is 2.11 bits per heavy atom. The lowest BCUT2D eigenvalue weighted by molar-refractivity contribution is 0.102. The van der Waals surface area contributed by atoms with Gasteiger partial charge >= 0.3 is 0 Å². The topological polar surface area (TPSA) is 77.2 Å². The number of halogens is 1. The van der Waals surface area contributed by atoms with Gasteiger partial charge in [0.25, 0.3) is 5.91 Å². The summed E-state index contributed by atoms with van der Waals surface area (Å²) in [5.74, 6) is 1.64. The van der Waals surface area contributed by atoms with Crippen molar-refractivity contribution >= 4 is 17.4 Å². The number of terminal acetylenes is 1. The highest BCUT2D eigenvalue weighted by atomic mass is 19.1. The number of rotatable bonds is 8. The summed E-state index contributed by atoms with van der Waals surface area (Å²) in [6, 6.07) is 6.26. The van der Waals surface area contributed by atoms with E-state index in [4.69, 9.17) is 16.9 Å². The average Bonchev–Trinajstić information content (AvgIpc) is 2.63. The highest BCUT2D eigenvalue weighted by molar-refractivity contribution is 6.07. The van der Waals surface area contributed by atoms with Crippen LogP contribution in [-0.2, 0) is 0 Å². The second kappa shape index (κ2) is 9.58. The van der Waals surface area contributed by atoms with Gasteiger partial charge in [-0.25, -0.2) is 9.37 Å². The van der Waals surface area contributed by atoms with Gasteiger partial charge in [0.15, 0.2) is 11.6 Å². The molecule has 0 atom stereocenters. The van der Waals surface area contributed by atoms with Gasteiger partial charge in [-0.05, 0) is 56.9 Å². The Balaban J connectivity index is 2.04. The number of carbonyl (C=O) groups excluding carboxylic acids is 1. The summed E-state index contributed by atoms with van der Waals surface area (Å²) in [6.45, 7) is 4.02. The number of benzene rings is 1. The third-order valence-corrected chi connectivity index (χ3v) is 4.17. The number of unbranched alkanes of at least 4 members (excludes halogenated alkanes) is 3. The summed E-state index contributed by atoms with van der Waals surface area (Å²) in [7, 11) is 0. The molecule has 27 heavy (non-hydrogen) atoms. The molecule has 0 fully saturated rings. The molecule has 142 valence electrons. The number of carbonyl (C=O) groups is 1. The molecule has 0 saturated heterocycles. The largest absolute Gasteiger partial charge is 0.490 e. The van der Waals surface area contributed by atoms with Crippen LogP contribution in [0.4, 0.5) is 15.9 Å². The normalized spacial score (nSPS) is 10.3. The van der Waals surface area contributed by atoms with Crippen molar-refractivity contribution in [2.24, 2.45) is 0 Å². The monoisotopic (exact) mass is 369 g/mol. The van der Waals surface area contributed by atoms with Gasteiger partial charge in [0.1, 0.15) is 5.82 Å². The molecule has 0 unspecified atom stereocenters. The van der Waals surface area contributed by atoms with E-state index < -0.39 is 11.7 Å². The molecule has 6 heteroatoms. The second-order valence-corrected chi connectivity index (χ2v) is 6.26. The maximum Gasteiger partial charge on any atom is 0.259 e. The van der Waals surface area contributed by atoms with E-state index in [9.17, 15) is 9.18 Å². The molecule has 0 aliphatic carbocycles. The van der Waals surface area contributed by atoms with Gasteiger partial charge in [-0.1, -0.05) is 6.07 Å². The second-order valence-electron chi connectivity index (χ2n) is 6.26. The predicted octanol–water partition coefficient (Wildman–Crippen LogP) is 4.24. The minimum atomic E-state index is -0.621. The number of aryl methyl sites for hydroxylation is 2. The molecule has 0 saturated carbocycles. The third-order valence-electron chi connectivity index (χ3n) is 4.17. The zero-order chi connectivity index (χ0) is 19.8. The third kappa shape index (κ3) is 5.45. The van der Waals surface area contributed by atoms with E-state index in [-0.39, 0.29) is 22.8 Å². The highest BCUT2D eigenvalue weighted by Crippen LogP contribution is 2.26. The Bertz CT molecular complexity index is 859. The maximum absolute atomic E-state index is 14.6. The number of ether oxygens (including phenoxy) is 1. The molecule has 5 nitrogen and oxygen atoms in total. The van der Waals surface area contributed by atoms with Crippen LogP contribution in [0.2, 0.25) is 0 Å². The number of nitrogens with one attached hydrogen (secondary N) is 1. The number of nitrogens with zero attached hydrogens (tertiary/aromatic N) is 1. The Labute approximate surface area is 159 Å². The number of nitrogens with two attached hydrogens (primary N) is 1. The van der Waals surface area contributed by atoms with Crippen molar-refractivity contribution in [2.45, 2.75) is 39.5 Å².